The van der Waals surface area contributed by atoms with Crippen molar-refractivity contribution in [3.8, 4) is 0 Å². The number of fused-ring (bicyclic) bond motifs is 1. The first-order valence-corrected chi connectivity index (χ1v) is 7.19. The molecule has 98 valence electrons. The first kappa shape index (κ1) is 12.1. The number of H-pyrrole nitrogens is 1. The average Bonchev–Trinajstić information content (AvgIpc) is 2.99. The smallest absolute Gasteiger partial charge is 0.274 e. The normalized spacial score (nSPS) is 11.2. The molecule has 5 nitrogen and oxygen atoms in total. The number of aromatic amines is 1. The van der Waals surface area contributed by atoms with Gasteiger partial charge in [0.2, 0.25) is 0 Å². The maximum atomic E-state index is 12.0. The van der Waals surface area contributed by atoms with Gasteiger partial charge in [-0.3, -0.25) is 9.89 Å². The molecule has 3 aromatic heterocycles. The Hall–Kier alpha value is -1.95. The van der Waals surface area contributed by atoms with Crippen LogP contribution in [0.25, 0.3) is 5.78 Å². The quantitative estimate of drug-likeness (QED) is 0.791. The van der Waals surface area contributed by atoms with Crippen molar-refractivity contribution in [2.45, 2.75) is 26.2 Å². The van der Waals surface area contributed by atoms with Gasteiger partial charge in [-0.15, -0.1) is 0 Å². The number of hydrogen-bond acceptors (Lipinski definition) is 4. The van der Waals surface area contributed by atoms with E-state index in [-0.39, 0.29) is 5.56 Å². The number of thiophene rings is 1. The monoisotopic (exact) mass is 274 g/mol. The van der Waals surface area contributed by atoms with Gasteiger partial charge in [-0.25, -0.2) is 4.98 Å². The van der Waals surface area contributed by atoms with Crippen LogP contribution in [0.5, 0.6) is 0 Å². The lowest BCUT2D eigenvalue weighted by Crippen LogP contribution is -2.15. The topological polar surface area (TPSA) is 63.1 Å². The first-order valence-electron chi connectivity index (χ1n) is 6.25. The molecule has 0 aliphatic rings. The molecular formula is C13H14N4OS. The van der Waals surface area contributed by atoms with E-state index < -0.39 is 0 Å². The van der Waals surface area contributed by atoms with Crippen molar-refractivity contribution in [3.05, 3.63) is 50.3 Å². The van der Waals surface area contributed by atoms with E-state index in [4.69, 9.17) is 0 Å². The second-order valence-corrected chi connectivity index (χ2v) is 5.23. The summed E-state index contributed by atoms with van der Waals surface area (Å²) in [4.78, 5) is 20.8. The summed E-state index contributed by atoms with van der Waals surface area (Å²) in [5, 5.41) is 7.07. The van der Waals surface area contributed by atoms with Gasteiger partial charge >= 0.3 is 0 Å². The van der Waals surface area contributed by atoms with Crippen LogP contribution in [0.3, 0.4) is 0 Å². The minimum absolute atomic E-state index is 0.106. The summed E-state index contributed by atoms with van der Waals surface area (Å²) in [6, 6.07) is 3.61. The number of nitrogens with one attached hydrogen (secondary N) is 1. The van der Waals surface area contributed by atoms with Crippen LogP contribution in [0.1, 0.15) is 30.4 Å². The van der Waals surface area contributed by atoms with Gasteiger partial charge in [0, 0.05) is 18.9 Å². The molecule has 0 radical (unpaired) electrons. The lowest BCUT2D eigenvalue weighted by molar-refractivity contribution is 0.804. The van der Waals surface area contributed by atoms with E-state index in [1.807, 2.05) is 11.4 Å². The summed E-state index contributed by atoms with van der Waals surface area (Å²) in [7, 11) is 0. The molecule has 19 heavy (non-hydrogen) atoms. The molecule has 0 saturated carbocycles. The molecule has 0 fully saturated rings. The van der Waals surface area contributed by atoms with Gasteiger partial charge in [0.15, 0.2) is 0 Å². The van der Waals surface area contributed by atoms with Crippen molar-refractivity contribution in [3.63, 3.8) is 0 Å². The molecule has 0 saturated heterocycles. The average molecular weight is 274 g/mol. The fraction of sp³-hybridized carbons (Fsp3) is 0.308. The zero-order valence-electron chi connectivity index (χ0n) is 10.6. The summed E-state index contributed by atoms with van der Waals surface area (Å²) in [5.41, 5.74) is 1.83. The summed E-state index contributed by atoms with van der Waals surface area (Å²) >= 11 is 1.64. The Kier molecular flexibility index (Phi) is 3.16. The number of aryl methyl sites for hydroxylation is 1. The van der Waals surface area contributed by atoms with Crippen molar-refractivity contribution in [2.75, 3.05) is 0 Å². The van der Waals surface area contributed by atoms with Crippen molar-refractivity contribution in [2.24, 2.45) is 0 Å². The van der Waals surface area contributed by atoms with Crippen LogP contribution in [-0.2, 0) is 12.8 Å². The molecule has 3 rings (SSSR count). The lowest BCUT2D eigenvalue weighted by atomic mass is 10.2. The van der Waals surface area contributed by atoms with Crippen molar-refractivity contribution in [1.82, 2.24) is 19.6 Å². The van der Waals surface area contributed by atoms with Gasteiger partial charge in [0.05, 0.1) is 5.69 Å². The van der Waals surface area contributed by atoms with Crippen molar-refractivity contribution < 1.29 is 0 Å². The number of nitrogens with zero attached hydrogens (tertiary/aromatic N) is 3. The Balaban J connectivity index is 2.01. The Morgan fingerprint density at radius 3 is 3.05 bits per heavy atom. The van der Waals surface area contributed by atoms with Crippen molar-refractivity contribution >= 4 is 17.1 Å². The Labute approximate surface area is 113 Å². The second kappa shape index (κ2) is 4.97. The molecule has 3 heterocycles. The minimum Gasteiger partial charge on any atom is -0.275 e. The highest BCUT2D eigenvalue weighted by molar-refractivity contribution is 7.07. The third-order valence-electron chi connectivity index (χ3n) is 2.88. The zero-order valence-corrected chi connectivity index (χ0v) is 11.4. The maximum Gasteiger partial charge on any atom is 0.274 e. The predicted molar refractivity (Wildman–Crippen MR) is 74.7 cm³/mol. The van der Waals surface area contributed by atoms with E-state index in [9.17, 15) is 4.79 Å². The number of rotatable bonds is 4. The fourth-order valence-electron chi connectivity index (χ4n) is 2.01. The molecule has 1 N–H and O–H groups in total. The highest BCUT2D eigenvalue weighted by Gasteiger charge is 2.08. The predicted octanol–water partition coefficient (Wildman–Crippen LogP) is 2.02. The standard InChI is InChI=1S/C13H14N4OS/c1-2-3-11-15-13-14-10(6-9-4-5-19-8-9)7-12(18)17(13)16-11/h4-5,7-8H,2-3,6H2,1H3,(H,14,15,16). The molecule has 0 aliphatic carbocycles. The van der Waals surface area contributed by atoms with E-state index in [0.29, 0.717) is 12.2 Å². The maximum absolute atomic E-state index is 12.0. The van der Waals surface area contributed by atoms with Gasteiger partial charge in [-0.2, -0.15) is 20.8 Å². The van der Waals surface area contributed by atoms with Crippen LogP contribution in [0, 0.1) is 0 Å². The Morgan fingerprint density at radius 1 is 1.42 bits per heavy atom. The molecule has 0 unspecified atom stereocenters. The molecule has 0 amide bonds. The van der Waals surface area contributed by atoms with E-state index in [1.54, 1.807) is 17.4 Å². The summed E-state index contributed by atoms with van der Waals surface area (Å²) in [5.74, 6) is 1.26. The van der Waals surface area contributed by atoms with Crippen LogP contribution in [0.2, 0.25) is 0 Å². The Bertz CT molecular complexity index is 742. The molecule has 0 bridgehead atoms. The molecule has 0 spiro atoms. The number of hydrogen-bond donors (Lipinski definition) is 1. The lowest BCUT2D eigenvalue weighted by Gasteiger charge is -1.97. The molecule has 0 aromatic carbocycles. The van der Waals surface area contributed by atoms with Gasteiger partial charge in [-0.05, 0) is 28.8 Å². The van der Waals surface area contributed by atoms with Gasteiger partial charge in [0.25, 0.3) is 11.3 Å². The first-order chi connectivity index (χ1) is 9.26. The third-order valence-corrected chi connectivity index (χ3v) is 3.61. The molecule has 0 aliphatic heterocycles. The van der Waals surface area contributed by atoms with E-state index >= 15 is 0 Å². The van der Waals surface area contributed by atoms with E-state index in [1.165, 1.54) is 10.1 Å². The summed E-state index contributed by atoms with van der Waals surface area (Å²) < 4.78 is 1.40. The van der Waals surface area contributed by atoms with E-state index in [2.05, 4.69) is 27.4 Å². The van der Waals surface area contributed by atoms with Gasteiger partial charge in [-0.1, -0.05) is 6.92 Å². The van der Waals surface area contributed by atoms with Crippen LogP contribution < -0.4 is 5.56 Å². The van der Waals surface area contributed by atoms with Crippen LogP contribution in [-0.4, -0.2) is 19.6 Å². The van der Waals surface area contributed by atoms with Crippen molar-refractivity contribution in [1.29, 1.82) is 0 Å². The summed E-state index contributed by atoms with van der Waals surface area (Å²) in [6.45, 7) is 2.07. The molecule has 6 heteroatoms. The highest BCUT2D eigenvalue weighted by Crippen LogP contribution is 2.10. The second-order valence-electron chi connectivity index (χ2n) is 4.45. The molecule has 0 atom stereocenters. The summed E-state index contributed by atoms with van der Waals surface area (Å²) in [6.07, 6.45) is 2.48. The van der Waals surface area contributed by atoms with Crippen LogP contribution in [0.4, 0.5) is 0 Å². The fourth-order valence-corrected chi connectivity index (χ4v) is 2.68. The largest absolute Gasteiger partial charge is 0.275 e. The third kappa shape index (κ3) is 2.44. The van der Waals surface area contributed by atoms with Crippen LogP contribution >= 0.6 is 11.3 Å². The molecular weight excluding hydrogens is 260 g/mol. The SMILES string of the molecule is CCCc1nc2nc(Cc3ccsc3)cc(=O)n2[nH]1. The highest BCUT2D eigenvalue weighted by atomic mass is 32.1. The molecule has 3 aromatic rings. The van der Waals surface area contributed by atoms with E-state index in [0.717, 1.165) is 24.4 Å². The van der Waals surface area contributed by atoms with Crippen LogP contribution in [0.15, 0.2) is 27.7 Å². The minimum atomic E-state index is -0.106. The zero-order chi connectivity index (χ0) is 13.2. The van der Waals surface area contributed by atoms with Gasteiger partial charge < -0.3 is 0 Å². The Morgan fingerprint density at radius 2 is 2.32 bits per heavy atom. The van der Waals surface area contributed by atoms with Gasteiger partial charge in [0.1, 0.15) is 5.82 Å². The number of aromatic nitrogens is 4.